The first-order chi connectivity index (χ1) is 11.1. The van der Waals surface area contributed by atoms with Gasteiger partial charge in [0.15, 0.2) is 0 Å². The summed E-state index contributed by atoms with van der Waals surface area (Å²) in [6.45, 7) is 8.72. The van der Waals surface area contributed by atoms with Crippen LogP contribution in [0.2, 0.25) is 0 Å². The SMILES string of the molecule is Cc1ccccc1N(c1ccccc1C)c1c(C)cccc1C. The van der Waals surface area contributed by atoms with Crippen molar-refractivity contribution in [3.05, 3.63) is 89.0 Å². The molecule has 0 aromatic heterocycles. The third-order valence-electron chi connectivity index (χ3n) is 4.38. The van der Waals surface area contributed by atoms with Crippen molar-refractivity contribution >= 4 is 17.1 Å². The van der Waals surface area contributed by atoms with Crippen molar-refractivity contribution in [1.82, 2.24) is 0 Å². The highest BCUT2D eigenvalue weighted by atomic mass is 15.1. The molecule has 3 aromatic carbocycles. The van der Waals surface area contributed by atoms with Crippen LogP contribution >= 0.6 is 0 Å². The number of para-hydroxylation sites is 3. The molecule has 0 atom stereocenters. The first-order valence-corrected chi connectivity index (χ1v) is 8.07. The van der Waals surface area contributed by atoms with Crippen molar-refractivity contribution in [1.29, 1.82) is 0 Å². The van der Waals surface area contributed by atoms with Crippen LogP contribution in [-0.4, -0.2) is 0 Å². The summed E-state index contributed by atoms with van der Waals surface area (Å²) in [6, 6.07) is 23.7. The fourth-order valence-corrected chi connectivity index (χ4v) is 3.16. The lowest BCUT2D eigenvalue weighted by molar-refractivity contribution is 1.18. The fourth-order valence-electron chi connectivity index (χ4n) is 3.16. The Morgan fingerprint density at radius 1 is 0.478 bits per heavy atom. The van der Waals surface area contributed by atoms with Crippen LogP contribution in [0.1, 0.15) is 22.3 Å². The number of rotatable bonds is 3. The highest BCUT2D eigenvalue weighted by molar-refractivity contribution is 5.83. The molecular formula is C22H23N. The molecule has 0 radical (unpaired) electrons. The van der Waals surface area contributed by atoms with Crippen LogP contribution in [0.25, 0.3) is 0 Å². The molecule has 1 nitrogen and oxygen atoms in total. The standard InChI is InChI=1S/C22H23N/c1-16-10-5-7-14-20(16)23(21-15-8-6-11-17(21)2)22-18(3)12-9-13-19(22)4/h5-15H,1-4H3. The number of aryl methyl sites for hydroxylation is 4. The summed E-state index contributed by atoms with van der Waals surface area (Å²) in [5, 5.41) is 0. The molecule has 0 N–H and O–H groups in total. The summed E-state index contributed by atoms with van der Waals surface area (Å²) in [4.78, 5) is 2.40. The number of nitrogens with zero attached hydrogens (tertiary/aromatic N) is 1. The lowest BCUT2D eigenvalue weighted by atomic mass is 10.0. The van der Waals surface area contributed by atoms with Crippen LogP contribution in [0, 0.1) is 27.7 Å². The number of anilines is 3. The predicted molar refractivity (Wildman–Crippen MR) is 100 cm³/mol. The van der Waals surface area contributed by atoms with E-state index in [1.807, 2.05) is 0 Å². The van der Waals surface area contributed by atoms with Gasteiger partial charge in [0, 0.05) is 11.4 Å². The molecule has 23 heavy (non-hydrogen) atoms. The molecule has 0 saturated heterocycles. The largest absolute Gasteiger partial charge is 0.309 e. The van der Waals surface area contributed by atoms with Crippen LogP contribution < -0.4 is 4.90 Å². The number of hydrogen-bond acceptors (Lipinski definition) is 1. The third-order valence-corrected chi connectivity index (χ3v) is 4.38. The van der Waals surface area contributed by atoms with Gasteiger partial charge in [-0.2, -0.15) is 0 Å². The lowest BCUT2D eigenvalue weighted by Crippen LogP contribution is -2.15. The van der Waals surface area contributed by atoms with Gasteiger partial charge in [-0.05, 0) is 62.1 Å². The maximum Gasteiger partial charge on any atom is 0.0520 e. The van der Waals surface area contributed by atoms with Crippen LogP contribution in [-0.2, 0) is 0 Å². The Balaban J connectivity index is 2.32. The van der Waals surface area contributed by atoms with E-state index in [1.54, 1.807) is 0 Å². The van der Waals surface area contributed by atoms with Crippen molar-refractivity contribution in [3.63, 3.8) is 0 Å². The fraction of sp³-hybridized carbons (Fsp3) is 0.182. The van der Waals surface area contributed by atoms with Crippen molar-refractivity contribution in [2.45, 2.75) is 27.7 Å². The third kappa shape index (κ3) is 2.87. The molecule has 0 fully saturated rings. The Morgan fingerprint density at radius 3 is 1.30 bits per heavy atom. The van der Waals surface area contributed by atoms with Crippen molar-refractivity contribution in [2.24, 2.45) is 0 Å². The normalized spacial score (nSPS) is 10.6. The van der Waals surface area contributed by atoms with E-state index in [-0.39, 0.29) is 0 Å². The monoisotopic (exact) mass is 301 g/mol. The van der Waals surface area contributed by atoms with E-state index >= 15 is 0 Å². The Hall–Kier alpha value is -2.54. The maximum absolute atomic E-state index is 2.40. The minimum atomic E-state index is 1.24. The molecule has 0 aliphatic heterocycles. The number of hydrogen-bond donors (Lipinski definition) is 0. The Kier molecular flexibility index (Phi) is 4.20. The van der Waals surface area contributed by atoms with Gasteiger partial charge in [0.05, 0.1) is 5.69 Å². The minimum Gasteiger partial charge on any atom is -0.309 e. The van der Waals surface area contributed by atoms with Crippen molar-refractivity contribution < 1.29 is 0 Å². The maximum atomic E-state index is 2.40. The van der Waals surface area contributed by atoms with Gasteiger partial charge in [-0.25, -0.2) is 0 Å². The first-order valence-electron chi connectivity index (χ1n) is 8.07. The molecule has 0 spiro atoms. The second-order valence-electron chi connectivity index (χ2n) is 6.15. The van der Waals surface area contributed by atoms with E-state index in [0.717, 1.165) is 0 Å². The Bertz CT molecular complexity index is 767. The average molecular weight is 301 g/mol. The smallest absolute Gasteiger partial charge is 0.0520 e. The highest BCUT2D eigenvalue weighted by Gasteiger charge is 2.19. The second kappa shape index (κ2) is 6.29. The highest BCUT2D eigenvalue weighted by Crippen LogP contribution is 2.41. The van der Waals surface area contributed by atoms with Crippen LogP contribution in [0.4, 0.5) is 17.1 Å². The molecule has 3 rings (SSSR count). The molecule has 116 valence electrons. The van der Waals surface area contributed by atoms with Crippen molar-refractivity contribution in [2.75, 3.05) is 4.90 Å². The molecule has 0 bridgehead atoms. The summed E-state index contributed by atoms with van der Waals surface area (Å²) in [6.07, 6.45) is 0. The molecular weight excluding hydrogens is 278 g/mol. The lowest BCUT2D eigenvalue weighted by Gasteiger charge is -2.31. The summed E-state index contributed by atoms with van der Waals surface area (Å²) < 4.78 is 0. The van der Waals surface area contributed by atoms with E-state index in [1.165, 1.54) is 39.3 Å². The zero-order chi connectivity index (χ0) is 16.4. The minimum absolute atomic E-state index is 1.24. The van der Waals surface area contributed by atoms with E-state index in [0.29, 0.717) is 0 Å². The summed E-state index contributed by atoms with van der Waals surface area (Å²) in [7, 11) is 0. The van der Waals surface area contributed by atoms with E-state index in [4.69, 9.17) is 0 Å². The van der Waals surface area contributed by atoms with Crippen LogP contribution in [0.5, 0.6) is 0 Å². The number of benzene rings is 3. The molecule has 0 heterocycles. The molecule has 1 heteroatoms. The molecule has 0 aliphatic rings. The van der Waals surface area contributed by atoms with E-state index in [9.17, 15) is 0 Å². The van der Waals surface area contributed by atoms with Crippen molar-refractivity contribution in [3.8, 4) is 0 Å². The molecule has 0 aliphatic carbocycles. The molecule has 0 saturated carbocycles. The zero-order valence-electron chi connectivity index (χ0n) is 14.3. The van der Waals surface area contributed by atoms with Gasteiger partial charge in [0.25, 0.3) is 0 Å². The molecule has 0 amide bonds. The van der Waals surface area contributed by atoms with E-state index in [2.05, 4.69) is 99.3 Å². The van der Waals surface area contributed by atoms with Gasteiger partial charge in [0.1, 0.15) is 0 Å². The van der Waals surface area contributed by atoms with Gasteiger partial charge >= 0.3 is 0 Å². The first kappa shape index (κ1) is 15.4. The predicted octanol–water partition coefficient (Wildman–Crippen LogP) is 6.39. The van der Waals surface area contributed by atoms with Gasteiger partial charge in [-0.1, -0.05) is 54.6 Å². The Labute approximate surface area is 139 Å². The quantitative estimate of drug-likeness (QED) is 0.541. The second-order valence-corrected chi connectivity index (χ2v) is 6.15. The molecule has 0 unspecified atom stereocenters. The Morgan fingerprint density at radius 2 is 0.870 bits per heavy atom. The summed E-state index contributed by atoms with van der Waals surface area (Å²) in [5.41, 5.74) is 8.87. The van der Waals surface area contributed by atoms with Crippen LogP contribution in [0.15, 0.2) is 66.7 Å². The molecule has 3 aromatic rings. The van der Waals surface area contributed by atoms with Gasteiger partial charge in [0.2, 0.25) is 0 Å². The summed E-state index contributed by atoms with van der Waals surface area (Å²) in [5.74, 6) is 0. The average Bonchev–Trinajstić information content (AvgIpc) is 2.53. The summed E-state index contributed by atoms with van der Waals surface area (Å²) >= 11 is 0. The van der Waals surface area contributed by atoms with E-state index < -0.39 is 0 Å². The van der Waals surface area contributed by atoms with Crippen LogP contribution in [0.3, 0.4) is 0 Å². The van der Waals surface area contributed by atoms with Gasteiger partial charge in [-0.15, -0.1) is 0 Å². The zero-order valence-corrected chi connectivity index (χ0v) is 14.3. The van der Waals surface area contributed by atoms with Gasteiger partial charge < -0.3 is 4.90 Å². The topological polar surface area (TPSA) is 3.24 Å². The van der Waals surface area contributed by atoms with Gasteiger partial charge in [-0.3, -0.25) is 0 Å².